The van der Waals surface area contributed by atoms with Crippen molar-refractivity contribution in [1.82, 2.24) is 5.32 Å². The van der Waals surface area contributed by atoms with Crippen LogP contribution in [-0.4, -0.2) is 30.3 Å². The summed E-state index contributed by atoms with van der Waals surface area (Å²) in [5.41, 5.74) is 0. The molecular formula is C13H16ClNO3. The van der Waals surface area contributed by atoms with Gasteiger partial charge in [0, 0.05) is 11.6 Å². The van der Waals surface area contributed by atoms with Gasteiger partial charge in [-0.1, -0.05) is 17.7 Å². The Kier molecular flexibility index (Phi) is 4.44. The van der Waals surface area contributed by atoms with E-state index in [9.17, 15) is 4.79 Å². The van der Waals surface area contributed by atoms with Gasteiger partial charge in [0.05, 0.1) is 0 Å². The van der Waals surface area contributed by atoms with E-state index in [1.165, 1.54) is 0 Å². The van der Waals surface area contributed by atoms with Gasteiger partial charge in [0.15, 0.2) is 0 Å². The van der Waals surface area contributed by atoms with Crippen LogP contribution < -0.4 is 10.1 Å². The minimum atomic E-state index is -0.778. The van der Waals surface area contributed by atoms with Crippen molar-refractivity contribution in [3.05, 3.63) is 29.3 Å². The van der Waals surface area contributed by atoms with E-state index < -0.39 is 12.0 Å². The van der Waals surface area contributed by atoms with E-state index in [0.29, 0.717) is 23.9 Å². The fraction of sp³-hybridized carbons (Fsp3) is 0.462. The van der Waals surface area contributed by atoms with E-state index in [2.05, 4.69) is 5.32 Å². The van der Waals surface area contributed by atoms with Crippen molar-refractivity contribution in [1.29, 1.82) is 0 Å². The molecule has 5 heteroatoms. The smallest absolute Gasteiger partial charge is 0.320 e. The molecule has 0 radical (unpaired) electrons. The first-order valence-electron chi connectivity index (χ1n) is 6.01. The molecule has 1 aliphatic rings. The molecule has 0 heterocycles. The Hall–Kier alpha value is -1.26. The molecule has 1 fully saturated rings. The van der Waals surface area contributed by atoms with Gasteiger partial charge in [0.2, 0.25) is 0 Å². The molecule has 1 aromatic rings. The molecule has 1 saturated carbocycles. The molecule has 1 atom stereocenters. The van der Waals surface area contributed by atoms with Crippen LogP contribution in [0.25, 0.3) is 0 Å². The van der Waals surface area contributed by atoms with Crippen molar-refractivity contribution in [2.45, 2.75) is 18.9 Å². The van der Waals surface area contributed by atoms with E-state index in [-0.39, 0.29) is 5.92 Å². The first-order chi connectivity index (χ1) is 8.66. The van der Waals surface area contributed by atoms with Gasteiger partial charge < -0.3 is 15.2 Å². The van der Waals surface area contributed by atoms with Crippen molar-refractivity contribution < 1.29 is 14.6 Å². The lowest BCUT2D eigenvalue weighted by Gasteiger charge is -2.13. The molecule has 0 aliphatic heterocycles. The minimum absolute atomic E-state index is 0.286. The van der Waals surface area contributed by atoms with Crippen LogP contribution in [0.5, 0.6) is 5.75 Å². The van der Waals surface area contributed by atoms with Gasteiger partial charge >= 0.3 is 5.97 Å². The quantitative estimate of drug-likeness (QED) is 0.745. The number of rotatable bonds is 7. The predicted molar refractivity (Wildman–Crippen MR) is 69.1 cm³/mol. The highest BCUT2D eigenvalue weighted by atomic mass is 35.5. The van der Waals surface area contributed by atoms with Gasteiger partial charge in [-0.3, -0.25) is 4.79 Å². The monoisotopic (exact) mass is 269 g/mol. The molecule has 0 saturated heterocycles. The lowest BCUT2D eigenvalue weighted by molar-refractivity contribution is -0.140. The molecule has 4 nitrogen and oxygen atoms in total. The largest absolute Gasteiger partial charge is 0.492 e. The zero-order chi connectivity index (χ0) is 13.0. The topological polar surface area (TPSA) is 58.6 Å². The standard InChI is InChI=1S/C13H16ClNO3/c14-10-2-1-3-11(8-10)18-7-6-15-12(13(16)17)9-4-5-9/h1-3,8-9,12,15H,4-7H2,(H,16,17). The summed E-state index contributed by atoms with van der Waals surface area (Å²) in [4.78, 5) is 11.0. The van der Waals surface area contributed by atoms with Crippen molar-refractivity contribution in [3.8, 4) is 5.75 Å². The molecule has 18 heavy (non-hydrogen) atoms. The van der Waals surface area contributed by atoms with E-state index >= 15 is 0 Å². The third kappa shape index (κ3) is 3.89. The summed E-state index contributed by atoms with van der Waals surface area (Å²) in [6.45, 7) is 0.941. The van der Waals surface area contributed by atoms with Gasteiger partial charge in [-0.25, -0.2) is 0 Å². The fourth-order valence-electron chi connectivity index (χ4n) is 1.83. The lowest BCUT2D eigenvalue weighted by Crippen LogP contribution is -2.40. The van der Waals surface area contributed by atoms with Gasteiger partial charge in [-0.05, 0) is 37.0 Å². The number of halogens is 1. The summed E-state index contributed by atoms with van der Waals surface area (Å²) in [6.07, 6.45) is 2.00. The molecule has 98 valence electrons. The molecule has 0 spiro atoms. The van der Waals surface area contributed by atoms with Gasteiger partial charge in [-0.2, -0.15) is 0 Å². The van der Waals surface area contributed by atoms with E-state index in [4.69, 9.17) is 21.4 Å². The molecule has 2 rings (SSSR count). The van der Waals surface area contributed by atoms with Crippen LogP contribution >= 0.6 is 11.6 Å². The number of hydrogen-bond donors (Lipinski definition) is 2. The van der Waals surface area contributed by atoms with Crippen LogP contribution in [-0.2, 0) is 4.79 Å². The van der Waals surface area contributed by atoms with Crippen LogP contribution in [0.2, 0.25) is 5.02 Å². The minimum Gasteiger partial charge on any atom is -0.492 e. The molecule has 1 aliphatic carbocycles. The number of hydrogen-bond acceptors (Lipinski definition) is 3. The Labute approximate surface area is 111 Å². The van der Waals surface area contributed by atoms with Crippen LogP contribution in [0.4, 0.5) is 0 Å². The molecule has 0 amide bonds. The maximum absolute atomic E-state index is 11.0. The first kappa shape index (κ1) is 13.2. The molecule has 1 unspecified atom stereocenters. The molecule has 2 N–H and O–H groups in total. The Bertz CT molecular complexity index is 420. The maximum atomic E-state index is 11.0. The Morgan fingerprint density at radius 3 is 2.94 bits per heavy atom. The van der Waals surface area contributed by atoms with Gasteiger partial charge in [0.25, 0.3) is 0 Å². The van der Waals surface area contributed by atoms with E-state index in [1.54, 1.807) is 12.1 Å². The fourth-order valence-corrected chi connectivity index (χ4v) is 2.01. The summed E-state index contributed by atoms with van der Waals surface area (Å²) < 4.78 is 5.48. The second kappa shape index (κ2) is 6.07. The average molecular weight is 270 g/mol. The predicted octanol–water partition coefficient (Wildman–Crippen LogP) is 2.17. The number of carboxylic acid groups (broad SMARTS) is 1. The number of ether oxygens (including phenoxy) is 1. The summed E-state index contributed by atoms with van der Waals surface area (Å²) in [7, 11) is 0. The van der Waals surface area contributed by atoms with E-state index in [1.807, 2.05) is 12.1 Å². The Morgan fingerprint density at radius 2 is 2.33 bits per heavy atom. The molecule has 0 bridgehead atoms. The molecule has 1 aromatic carbocycles. The highest BCUT2D eigenvalue weighted by Gasteiger charge is 2.35. The third-order valence-electron chi connectivity index (χ3n) is 2.89. The number of benzene rings is 1. The highest BCUT2D eigenvalue weighted by Crippen LogP contribution is 2.32. The zero-order valence-electron chi connectivity index (χ0n) is 9.93. The third-order valence-corrected chi connectivity index (χ3v) is 3.13. The molecular weight excluding hydrogens is 254 g/mol. The van der Waals surface area contributed by atoms with Crippen molar-refractivity contribution in [3.63, 3.8) is 0 Å². The van der Waals surface area contributed by atoms with Crippen molar-refractivity contribution in [2.75, 3.05) is 13.2 Å². The summed E-state index contributed by atoms with van der Waals surface area (Å²) >= 11 is 5.83. The average Bonchev–Trinajstić information content (AvgIpc) is 3.12. The number of carbonyl (C=O) groups is 1. The SMILES string of the molecule is O=C(O)C(NCCOc1cccc(Cl)c1)C1CC1. The van der Waals surface area contributed by atoms with Crippen LogP contribution in [0.1, 0.15) is 12.8 Å². The van der Waals surface area contributed by atoms with Crippen LogP contribution in [0.15, 0.2) is 24.3 Å². The lowest BCUT2D eigenvalue weighted by atomic mass is 10.2. The number of nitrogens with one attached hydrogen (secondary N) is 1. The Morgan fingerprint density at radius 1 is 1.56 bits per heavy atom. The number of carboxylic acids is 1. The van der Waals surface area contributed by atoms with Crippen LogP contribution in [0.3, 0.4) is 0 Å². The Balaban J connectivity index is 1.70. The summed E-state index contributed by atoms with van der Waals surface area (Å²) in [6, 6.07) is 6.71. The normalized spacial score (nSPS) is 16.3. The molecule has 0 aromatic heterocycles. The first-order valence-corrected chi connectivity index (χ1v) is 6.39. The van der Waals surface area contributed by atoms with Crippen molar-refractivity contribution >= 4 is 17.6 Å². The second-order valence-corrected chi connectivity index (χ2v) is 4.85. The maximum Gasteiger partial charge on any atom is 0.320 e. The van der Waals surface area contributed by atoms with E-state index in [0.717, 1.165) is 12.8 Å². The zero-order valence-corrected chi connectivity index (χ0v) is 10.7. The van der Waals surface area contributed by atoms with Gasteiger partial charge in [0.1, 0.15) is 18.4 Å². The number of aliphatic carboxylic acids is 1. The highest BCUT2D eigenvalue weighted by molar-refractivity contribution is 6.30. The van der Waals surface area contributed by atoms with Gasteiger partial charge in [-0.15, -0.1) is 0 Å². The second-order valence-electron chi connectivity index (χ2n) is 4.41. The summed E-state index contributed by atoms with van der Waals surface area (Å²) in [5, 5.41) is 12.7. The van der Waals surface area contributed by atoms with Crippen molar-refractivity contribution in [2.24, 2.45) is 5.92 Å². The van der Waals surface area contributed by atoms with Crippen LogP contribution in [0, 0.1) is 5.92 Å². The summed E-state index contributed by atoms with van der Waals surface area (Å²) in [5.74, 6) is 0.205.